The van der Waals surface area contributed by atoms with Gasteiger partial charge in [-0.2, -0.15) is 9.97 Å². The zero-order valence-corrected chi connectivity index (χ0v) is 29.2. The average Bonchev–Trinajstić information content (AvgIpc) is 3.82. The molecule has 0 spiro atoms. The summed E-state index contributed by atoms with van der Waals surface area (Å²) < 4.78 is 8.86. The van der Waals surface area contributed by atoms with E-state index in [1.54, 1.807) is 0 Å². The van der Waals surface area contributed by atoms with Crippen LogP contribution in [0.25, 0.3) is 94.7 Å². The fourth-order valence-corrected chi connectivity index (χ4v) is 8.47. The van der Waals surface area contributed by atoms with Crippen molar-refractivity contribution < 1.29 is 4.42 Å². The molecule has 250 valence electrons. The highest BCUT2D eigenvalue weighted by atomic mass is 16.3. The lowest BCUT2D eigenvalue weighted by atomic mass is 9.82. The summed E-state index contributed by atoms with van der Waals surface area (Å²) in [4.78, 5) is 15.6. The standard InChI is InChI=1S/C48H32N4O/c1-48(2)39-22-11-9-18-33(39)37-27-38-34-19-10-12-23-41(34)52(42(38)28-40(37)48)47-50-45(30-16-7-4-8-17-30)49-46(51-47)31-24-25-35-36-21-13-20-32(29-14-5-3-6-15-29)44(36)53-43(35)26-31/h3-28H,1-2H3. The molecule has 1 aliphatic carbocycles. The molecule has 0 saturated heterocycles. The summed E-state index contributed by atoms with van der Waals surface area (Å²) in [7, 11) is 0. The Balaban J connectivity index is 1.15. The van der Waals surface area contributed by atoms with Crippen molar-refractivity contribution in [2.75, 3.05) is 0 Å². The van der Waals surface area contributed by atoms with E-state index < -0.39 is 0 Å². The van der Waals surface area contributed by atoms with Gasteiger partial charge >= 0.3 is 0 Å². The molecule has 0 aliphatic heterocycles. The molecule has 0 radical (unpaired) electrons. The van der Waals surface area contributed by atoms with Crippen LogP contribution in [0.2, 0.25) is 0 Å². The molecule has 1 aliphatic rings. The van der Waals surface area contributed by atoms with Crippen LogP contribution in [-0.4, -0.2) is 19.5 Å². The van der Waals surface area contributed by atoms with E-state index in [0.717, 1.165) is 60.6 Å². The third-order valence-electron chi connectivity index (χ3n) is 11.1. The summed E-state index contributed by atoms with van der Waals surface area (Å²) in [5.74, 6) is 1.77. The lowest BCUT2D eigenvalue weighted by Gasteiger charge is -2.21. The summed E-state index contributed by atoms with van der Waals surface area (Å²) in [6.45, 7) is 4.64. The number of nitrogens with zero attached hydrogens (tertiary/aromatic N) is 4. The second kappa shape index (κ2) is 11.1. The third-order valence-corrected chi connectivity index (χ3v) is 11.1. The second-order valence-corrected chi connectivity index (χ2v) is 14.4. The van der Waals surface area contributed by atoms with E-state index in [1.165, 1.54) is 27.6 Å². The highest BCUT2D eigenvalue weighted by Gasteiger charge is 2.36. The molecule has 11 rings (SSSR count). The summed E-state index contributed by atoms with van der Waals surface area (Å²) in [6, 6.07) is 55.3. The van der Waals surface area contributed by atoms with Gasteiger partial charge in [0.05, 0.1) is 11.0 Å². The summed E-state index contributed by atoms with van der Waals surface area (Å²) >= 11 is 0. The summed E-state index contributed by atoms with van der Waals surface area (Å²) in [6.07, 6.45) is 0. The molecule has 0 unspecified atom stereocenters. The molecule has 0 bridgehead atoms. The number of hydrogen-bond acceptors (Lipinski definition) is 4. The Hall–Kier alpha value is -6.85. The van der Waals surface area contributed by atoms with Crippen molar-refractivity contribution in [1.29, 1.82) is 0 Å². The highest BCUT2D eigenvalue weighted by Crippen LogP contribution is 2.51. The fourth-order valence-electron chi connectivity index (χ4n) is 8.47. The van der Waals surface area contributed by atoms with Crippen molar-refractivity contribution in [1.82, 2.24) is 19.5 Å². The number of para-hydroxylation sites is 2. The van der Waals surface area contributed by atoms with Gasteiger partial charge in [-0.05, 0) is 58.1 Å². The quantitative estimate of drug-likeness (QED) is 0.186. The van der Waals surface area contributed by atoms with E-state index in [1.807, 2.05) is 24.3 Å². The molecule has 0 atom stereocenters. The molecule has 5 heteroatoms. The van der Waals surface area contributed by atoms with Crippen molar-refractivity contribution in [3.05, 3.63) is 169 Å². The predicted octanol–water partition coefficient (Wildman–Crippen LogP) is 12.2. The Kier molecular flexibility index (Phi) is 6.23. The van der Waals surface area contributed by atoms with Gasteiger partial charge in [0.25, 0.3) is 0 Å². The monoisotopic (exact) mass is 680 g/mol. The predicted molar refractivity (Wildman–Crippen MR) is 215 cm³/mol. The van der Waals surface area contributed by atoms with Crippen LogP contribution in [0.1, 0.15) is 25.0 Å². The Morgan fingerprint density at radius 3 is 1.96 bits per heavy atom. The number of furan rings is 1. The Morgan fingerprint density at radius 2 is 1.13 bits per heavy atom. The van der Waals surface area contributed by atoms with Crippen molar-refractivity contribution in [2.24, 2.45) is 0 Å². The van der Waals surface area contributed by atoms with E-state index in [-0.39, 0.29) is 5.41 Å². The first-order valence-electron chi connectivity index (χ1n) is 18.0. The van der Waals surface area contributed by atoms with Crippen LogP contribution in [0, 0.1) is 0 Å². The first-order chi connectivity index (χ1) is 26.0. The maximum absolute atomic E-state index is 6.65. The third kappa shape index (κ3) is 4.40. The molecule has 5 nitrogen and oxygen atoms in total. The zero-order chi connectivity index (χ0) is 35.3. The fraction of sp³-hybridized carbons (Fsp3) is 0.0625. The van der Waals surface area contributed by atoms with Crippen molar-refractivity contribution in [3.8, 4) is 51.0 Å². The number of aromatic nitrogens is 4. The lowest BCUT2D eigenvalue weighted by Crippen LogP contribution is -2.15. The molecule has 53 heavy (non-hydrogen) atoms. The van der Waals surface area contributed by atoms with Gasteiger partial charge in [-0.15, -0.1) is 0 Å². The molecule has 0 fully saturated rings. The molecular formula is C48H32N4O. The van der Waals surface area contributed by atoms with Crippen LogP contribution < -0.4 is 0 Å². The zero-order valence-electron chi connectivity index (χ0n) is 29.2. The Bertz CT molecular complexity index is 3080. The van der Waals surface area contributed by atoms with Gasteiger partial charge in [0.1, 0.15) is 11.2 Å². The number of fused-ring (bicyclic) bond motifs is 9. The number of benzene rings is 7. The Morgan fingerprint density at radius 1 is 0.453 bits per heavy atom. The van der Waals surface area contributed by atoms with E-state index in [9.17, 15) is 0 Å². The normalized spacial score (nSPS) is 13.2. The van der Waals surface area contributed by atoms with Crippen molar-refractivity contribution >= 4 is 43.7 Å². The summed E-state index contributed by atoms with van der Waals surface area (Å²) in [5, 5.41) is 4.47. The van der Waals surface area contributed by atoms with Crippen LogP contribution in [0.3, 0.4) is 0 Å². The van der Waals surface area contributed by atoms with E-state index in [2.05, 4.69) is 152 Å². The van der Waals surface area contributed by atoms with Crippen LogP contribution in [0.15, 0.2) is 162 Å². The largest absolute Gasteiger partial charge is 0.455 e. The molecule has 0 amide bonds. The van der Waals surface area contributed by atoms with E-state index in [4.69, 9.17) is 19.4 Å². The maximum atomic E-state index is 6.65. The minimum atomic E-state index is -0.150. The van der Waals surface area contributed by atoms with Crippen LogP contribution in [0.4, 0.5) is 0 Å². The smallest absolute Gasteiger partial charge is 0.238 e. The minimum absolute atomic E-state index is 0.150. The molecule has 0 saturated carbocycles. The lowest BCUT2D eigenvalue weighted by molar-refractivity contribution is 0.661. The first-order valence-corrected chi connectivity index (χ1v) is 18.0. The first kappa shape index (κ1) is 29.8. The van der Waals surface area contributed by atoms with Crippen LogP contribution >= 0.6 is 0 Å². The van der Waals surface area contributed by atoms with Crippen LogP contribution in [-0.2, 0) is 5.41 Å². The van der Waals surface area contributed by atoms with Gasteiger partial charge in [0.2, 0.25) is 5.95 Å². The molecule has 10 aromatic rings. The van der Waals surface area contributed by atoms with Gasteiger partial charge in [-0.3, -0.25) is 4.57 Å². The minimum Gasteiger partial charge on any atom is -0.455 e. The van der Waals surface area contributed by atoms with E-state index >= 15 is 0 Å². The van der Waals surface area contributed by atoms with E-state index in [0.29, 0.717) is 17.6 Å². The number of rotatable bonds is 4. The molecule has 3 heterocycles. The van der Waals surface area contributed by atoms with Gasteiger partial charge in [-0.1, -0.05) is 141 Å². The second-order valence-electron chi connectivity index (χ2n) is 14.4. The molecular weight excluding hydrogens is 649 g/mol. The number of hydrogen-bond donors (Lipinski definition) is 0. The van der Waals surface area contributed by atoms with Crippen molar-refractivity contribution in [3.63, 3.8) is 0 Å². The topological polar surface area (TPSA) is 56.7 Å². The van der Waals surface area contributed by atoms with Crippen molar-refractivity contribution in [2.45, 2.75) is 19.3 Å². The van der Waals surface area contributed by atoms with Crippen LogP contribution in [0.5, 0.6) is 0 Å². The van der Waals surface area contributed by atoms with Gasteiger partial charge in [-0.25, -0.2) is 4.98 Å². The molecule has 7 aromatic carbocycles. The van der Waals surface area contributed by atoms with Gasteiger partial charge in [0, 0.05) is 43.7 Å². The maximum Gasteiger partial charge on any atom is 0.238 e. The van der Waals surface area contributed by atoms with Gasteiger partial charge < -0.3 is 4.42 Å². The summed E-state index contributed by atoms with van der Waals surface area (Å²) in [5.41, 5.74) is 12.9. The molecule has 0 N–H and O–H groups in total. The Labute approximate surface area is 305 Å². The SMILES string of the molecule is CC1(C)c2ccccc2-c2cc3c4ccccc4n(-c4nc(-c5ccccc5)nc(-c5ccc6c(c5)oc5c(-c7ccccc7)cccc56)n4)c3cc21. The molecule has 3 aromatic heterocycles. The average molecular weight is 681 g/mol. The highest BCUT2D eigenvalue weighted by molar-refractivity contribution is 6.12. The van der Waals surface area contributed by atoms with Gasteiger partial charge in [0.15, 0.2) is 11.6 Å².